The second kappa shape index (κ2) is 5.29. The number of nitrogens with zero attached hydrogens (tertiary/aromatic N) is 1. The first-order valence-electron chi connectivity index (χ1n) is 5.59. The summed E-state index contributed by atoms with van der Waals surface area (Å²) in [7, 11) is -1.58. The fourth-order valence-corrected chi connectivity index (χ4v) is 2.59. The van der Waals surface area contributed by atoms with Crippen LogP contribution in [0.25, 0.3) is 0 Å². The summed E-state index contributed by atoms with van der Waals surface area (Å²) in [6, 6.07) is 0. The molecule has 0 radical (unpaired) electrons. The van der Waals surface area contributed by atoms with E-state index in [1.54, 1.807) is 11.3 Å². The van der Waals surface area contributed by atoms with Gasteiger partial charge in [-0.2, -0.15) is 0 Å². The van der Waals surface area contributed by atoms with Crippen LogP contribution in [0.4, 0.5) is 5.00 Å². The summed E-state index contributed by atoms with van der Waals surface area (Å²) >= 11 is 1.62. The maximum Gasteiger partial charge on any atom is 0.192 e. The van der Waals surface area contributed by atoms with Gasteiger partial charge in [-0.05, 0) is 18.1 Å². The van der Waals surface area contributed by atoms with E-state index in [9.17, 15) is 0 Å². The number of aromatic nitrogens is 1. The Hall–Kier alpha value is -0.393. The summed E-state index contributed by atoms with van der Waals surface area (Å²) < 4.78 is 6.05. The smallest absolute Gasteiger partial charge is 0.192 e. The van der Waals surface area contributed by atoms with E-state index in [1.165, 1.54) is 0 Å². The van der Waals surface area contributed by atoms with Crippen LogP contribution in [0.2, 0.25) is 18.1 Å². The molecule has 1 aromatic rings. The number of nitrogens with one attached hydrogen (secondary N) is 1. The van der Waals surface area contributed by atoms with Crippen molar-refractivity contribution in [2.24, 2.45) is 0 Å². The van der Waals surface area contributed by atoms with Gasteiger partial charge in [0.05, 0.1) is 18.3 Å². The van der Waals surface area contributed by atoms with Gasteiger partial charge in [0, 0.05) is 6.54 Å². The van der Waals surface area contributed by atoms with Crippen LogP contribution in [0.5, 0.6) is 0 Å². The minimum absolute atomic E-state index is 0.289. The monoisotopic (exact) mass is 258 g/mol. The average Bonchev–Trinajstić information content (AvgIpc) is 2.63. The highest BCUT2D eigenvalue weighted by molar-refractivity contribution is 7.13. The van der Waals surface area contributed by atoms with Crippen molar-refractivity contribution in [3.63, 3.8) is 0 Å². The van der Waals surface area contributed by atoms with E-state index in [-0.39, 0.29) is 5.04 Å². The molecule has 3 nitrogen and oxygen atoms in total. The molecule has 1 heterocycles. The normalized spacial score (nSPS) is 12.8. The van der Waals surface area contributed by atoms with Crippen molar-refractivity contribution in [1.29, 1.82) is 0 Å². The number of anilines is 1. The highest BCUT2D eigenvalue weighted by Crippen LogP contribution is 2.36. The molecule has 1 aromatic heterocycles. The van der Waals surface area contributed by atoms with Crippen LogP contribution in [0.1, 0.15) is 20.8 Å². The average molecular weight is 258 g/mol. The lowest BCUT2D eigenvalue weighted by atomic mass is 10.2. The van der Waals surface area contributed by atoms with Crippen LogP contribution in [-0.4, -0.2) is 26.5 Å². The lowest BCUT2D eigenvalue weighted by molar-refractivity contribution is 0.302. The van der Waals surface area contributed by atoms with Crippen molar-refractivity contribution in [2.75, 3.05) is 18.5 Å². The number of rotatable bonds is 5. The first-order valence-corrected chi connectivity index (χ1v) is 9.38. The van der Waals surface area contributed by atoms with E-state index in [0.29, 0.717) is 0 Å². The molecule has 1 N–H and O–H groups in total. The molecule has 0 unspecified atom stereocenters. The molecular weight excluding hydrogens is 236 g/mol. The Balaban J connectivity index is 2.25. The predicted octanol–water partition coefficient (Wildman–Crippen LogP) is 3.58. The zero-order chi connectivity index (χ0) is 12.2. The lowest BCUT2D eigenvalue weighted by Gasteiger charge is -2.36. The Bertz CT molecular complexity index is 306. The molecule has 0 spiro atoms. The van der Waals surface area contributed by atoms with Crippen molar-refractivity contribution < 1.29 is 4.43 Å². The van der Waals surface area contributed by atoms with E-state index < -0.39 is 8.32 Å². The quantitative estimate of drug-likeness (QED) is 0.647. The number of thiazole rings is 1. The largest absolute Gasteiger partial charge is 0.415 e. The van der Waals surface area contributed by atoms with E-state index >= 15 is 0 Å². The molecule has 1 rings (SSSR count). The molecule has 0 bridgehead atoms. The molecule has 5 heteroatoms. The summed E-state index contributed by atoms with van der Waals surface area (Å²) in [6.45, 7) is 13.0. The topological polar surface area (TPSA) is 34.1 Å². The summed E-state index contributed by atoms with van der Waals surface area (Å²) in [5, 5.41) is 4.70. The van der Waals surface area contributed by atoms with E-state index in [2.05, 4.69) is 44.2 Å². The first kappa shape index (κ1) is 13.7. The summed E-state index contributed by atoms with van der Waals surface area (Å²) in [6.07, 6.45) is 1.84. The van der Waals surface area contributed by atoms with Crippen LogP contribution >= 0.6 is 11.3 Å². The van der Waals surface area contributed by atoms with Gasteiger partial charge in [0.15, 0.2) is 8.32 Å². The fraction of sp³-hybridized carbons (Fsp3) is 0.727. The van der Waals surface area contributed by atoms with Crippen molar-refractivity contribution >= 4 is 24.7 Å². The van der Waals surface area contributed by atoms with Gasteiger partial charge in [-0.15, -0.1) is 11.3 Å². The molecule has 0 amide bonds. The van der Waals surface area contributed by atoms with Gasteiger partial charge in [-0.1, -0.05) is 20.8 Å². The standard InChI is InChI=1S/C11H22N2OSSi/c1-11(2,3)16(4,5)14-7-6-13-10-8-12-9-15-10/h8-9,13H,6-7H2,1-5H3. The second-order valence-corrected chi connectivity index (χ2v) is 11.1. The molecule has 0 aliphatic carbocycles. The summed E-state index contributed by atoms with van der Waals surface area (Å²) in [5.41, 5.74) is 1.83. The van der Waals surface area contributed by atoms with Crippen LogP contribution in [0.15, 0.2) is 11.7 Å². The lowest BCUT2D eigenvalue weighted by Crippen LogP contribution is -2.41. The van der Waals surface area contributed by atoms with Gasteiger partial charge in [-0.3, -0.25) is 4.98 Å². The molecule has 16 heavy (non-hydrogen) atoms. The maximum atomic E-state index is 6.05. The molecule has 0 aliphatic heterocycles. The summed E-state index contributed by atoms with van der Waals surface area (Å²) in [5.74, 6) is 0. The van der Waals surface area contributed by atoms with Gasteiger partial charge in [-0.25, -0.2) is 0 Å². The minimum Gasteiger partial charge on any atom is -0.415 e. The van der Waals surface area contributed by atoms with Crippen molar-refractivity contribution in [1.82, 2.24) is 4.98 Å². The first-order chi connectivity index (χ1) is 7.33. The molecule has 0 aliphatic rings. The van der Waals surface area contributed by atoms with Crippen LogP contribution in [0, 0.1) is 0 Å². The van der Waals surface area contributed by atoms with Gasteiger partial charge in [0.1, 0.15) is 5.00 Å². The van der Waals surface area contributed by atoms with Gasteiger partial charge in [0.2, 0.25) is 0 Å². The van der Waals surface area contributed by atoms with E-state index in [1.807, 2.05) is 11.7 Å². The van der Waals surface area contributed by atoms with Crippen molar-refractivity contribution in [2.45, 2.75) is 38.9 Å². The Labute approximate surface area is 103 Å². The Morgan fingerprint density at radius 3 is 2.62 bits per heavy atom. The van der Waals surface area contributed by atoms with Crippen LogP contribution in [0.3, 0.4) is 0 Å². The van der Waals surface area contributed by atoms with Crippen LogP contribution in [-0.2, 0) is 4.43 Å². The highest BCUT2D eigenvalue weighted by atomic mass is 32.1. The molecule has 0 aromatic carbocycles. The fourth-order valence-electron chi connectivity index (χ4n) is 1.000. The van der Waals surface area contributed by atoms with Gasteiger partial charge in [0.25, 0.3) is 0 Å². The maximum absolute atomic E-state index is 6.05. The van der Waals surface area contributed by atoms with Gasteiger partial charge >= 0.3 is 0 Å². The molecular formula is C11H22N2OSSi. The third kappa shape index (κ3) is 3.88. The van der Waals surface area contributed by atoms with Crippen molar-refractivity contribution in [3.05, 3.63) is 11.7 Å². The predicted molar refractivity (Wildman–Crippen MR) is 73.8 cm³/mol. The SMILES string of the molecule is CC(C)(C)[Si](C)(C)OCCNc1cncs1. The molecule has 0 atom stereocenters. The summed E-state index contributed by atoms with van der Waals surface area (Å²) in [4.78, 5) is 4.01. The zero-order valence-corrected chi connectivity index (χ0v) is 12.6. The third-order valence-corrected chi connectivity index (χ3v) is 8.37. The Morgan fingerprint density at radius 2 is 2.12 bits per heavy atom. The third-order valence-electron chi connectivity index (χ3n) is 3.10. The van der Waals surface area contributed by atoms with Crippen LogP contribution < -0.4 is 5.32 Å². The van der Waals surface area contributed by atoms with Crippen molar-refractivity contribution in [3.8, 4) is 0 Å². The second-order valence-electron chi connectivity index (χ2n) is 5.40. The Morgan fingerprint density at radius 1 is 1.44 bits per heavy atom. The molecule has 0 fully saturated rings. The molecule has 0 saturated heterocycles. The van der Waals surface area contributed by atoms with E-state index in [0.717, 1.165) is 18.2 Å². The Kier molecular flexibility index (Phi) is 4.52. The van der Waals surface area contributed by atoms with E-state index in [4.69, 9.17) is 4.43 Å². The molecule has 92 valence electrons. The number of hydrogen-bond donors (Lipinski definition) is 1. The highest BCUT2D eigenvalue weighted by Gasteiger charge is 2.36. The minimum atomic E-state index is -1.58. The number of hydrogen-bond acceptors (Lipinski definition) is 4. The molecule has 0 saturated carbocycles. The zero-order valence-electron chi connectivity index (χ0n) is 10.8. The van der Waals surface area contributed by atoms with Gasteiger partial charge < -0.3 is 9.74 Å².